The highest BCUT2D eigenvalue weighted by molar-refractivity contribution is 6.31. The number of carbonyl (C=O) groups excluding carboxylic acids is 2. The molecule has 0 radical (unpaired) electrons. The topological polar surface area (TPSA) is 70.2 Å². The summed E-state index contributed by atoms with van der Waals surface area (Å²) >= 11 is 5.82. The highest BCUT2D eigenvalue weighted by atomic mass is 35.5. The molecule has 0 saturated carbocycles. The lowest BCUT2D eigenvalue weighted by Crippen LogP contribution is -2.35. The van der Waals surface area contributed by atoms with Gasteiger partial charge in [0.1, 0.15) is 0 Å². The van der Waals surface area contributed by atoms with Gasteiger partial charge in [0.15, 0.2) is 0 Å². The first-order valence-corrected chi connectivity index (χ1v) is 5.42. The third-order valence-electron chi connectivity index (χ3n) is 2.18. The second kappa shape index (κ2) is 6.10. The van der Waals surface area contributed by atoms with Gasteiger partial charge in [-0.15, -0.1) is 0 Å². The van der Waals surface area contributed by atoms with Crippen molar-refractivity contribution < 1.29 is 9.59 Å². The molecule has 0 aliphatic carbocycles. The summed E-state index contributed by atoms with van der Waals surface area (Å²) in [4.78, 5) is 22.8. The molecule has 1 aromatic carbocycles. The minimum absolute atomic E-state index is 0.0645. The molecule has 0 saturated heterocycles. The van der Waals surface area contributed by atoms with E-state index in [-0.39, 0.29) is 18.4 Å². The van der Waals surface area contributed by atoms with Gasteiger partial charge in [0.2, 0.25) is 5.91 Å². The number of carbonyl (C=O) groups is 2. The molecule has 0 unspecified atom stereocenters. The number of likely N-dealkylation sites (N-methyl/N-ethyl adjacent to an activating group) is 1. The van der Waals surface area contributed by atoms with Gasteiger partial charge in [-0.1, -0.05) is 11.6 Å². The van der Waals surface area contributed by atoms with Gasteiger partial charge in [0.25, 0.3) is 5.91 Å². The molecule has 0 aromatic heterocycles. The smallest absolute Gasteiger partial charge is 0.253 e. The number of amides is 2. The van der Waals surface area contributed by atoms with E-state index in [1.165, 1.54) is 7.05 Å². The maximum absolute atomic E-state index is 11.8. The minimum atomic E-state index is -0.347. The zero-order valence-electron chi connectivity index (χ0n) is 9.63. The molecule has 0 heterocycles. The van der Waals surface area contributed by atoms with Crippen molar-refractivity contribution in [3.63, 3.8) is 0 Å². The minimum Gasteiger partial charge on any atom is -0.387 e. The van der Waals surface area contributed by atoms with Gasteiger partial charge in [-0.3, -0.25) is 9.59 Å². The molecule has 0 atom stereocenters. The highest BCUT2D eigenvalue weighted by Gasteiger charge is 2.12. The standard InChI is InChI=1S/C11H14ClN3O2/c1-13-9-4-3-7(12)5-8(9)11(17)15-6-10(16)14-2/h3-5,13H,6H2,1-2H3,(H,14,16)(H,15,17). The Morgan fingerprint density at radius 2 is 2.00 bits per heavy atom. The predicted molar refractivity (Wildman–Crippen MR) is 67.4 cm³/mol. The Labute approximate surface area is 105 Å². The van der Waals surface area contributed by atoms with Crippen LogP contribution in [-0.2, 0) is 4.79 Å². The van der Waals surface area contributed by atoms with E-state index >= 15 is 0 Å². The number of nitrogens with one attached hydrogen (secondary N) is 3. The molecule has 6 heteroatoms. The fourth-order valence-corrected chi connectivity index (χ4v) is 1.44. The Balaban J connectivity index is 2.80. The third kappa shape index (κ3) is 3.64. The van der Waals surface area contributed by atoms with Crippen LogP contribution in [0.2, 0.25) is 5.02 Å². The van der Waals surface area contributed by atoms with Crippen molar-refractivity contribution in [2.24, 2.45) is 0 Å². The maximum Gasteiger partial charge on any atom is 0.253 e. The van der Waals surface area contributed by atoms with Gasteiger partial charge in [0, 0.05) is 24.8 Å². The Morgan fingerprint density at radius 1 is 1.29 bits per heavy atom. The summed E-state index contributed by atoms with van der Waals surface area (Å²) in [7, 11) is 3.21. The quantitative estimate of drug-likeness (QED) is 0.747. The number of halogens is 1. The Kier molecular flexibility index (Phi) is 4.78. The summed E-state index contributed by atoms with van der Waals surface area (Å²) < 4.78 is 0. The van der Waals surface area contributed by atoms with Crippen molar-refractivity contribution in [2.45, 2.75) is 0 Å². The van der Waals surface area contributed by atoms with Gasteiger partial charge in [-0.2, -0.15) is 0 Å². The largest absolute Gasteiger partial charge is 0.387 e. The second-order valence-corrected chi connectivity index (χ2v) is 3.73. The van der Waals surface area contributed by atoms with E-state index in [9.17, 15) is 9.59 Å². The van der Waals surface area contributed by atoms with Crippen LogP contribution in [0.25, 0.3) is 0 Å². The van der Waals surface area contributed by atoms with E-state index in [2.05, 4.69) is 16.0 Å². The van der Waals surface area contributed by atoms with Gasteiger partial charge in [-0.25, -0.2) is 0 Å². The Hall–Kier alpha value is -1.75. The van der Waals surface area contributed by atoms with Crippen molar-refractivity contribution in [1.29, 1.82) is 0 Å². The average molecular weight is 256 g/mol. The van der Waals surface area contributed by atoms with Gasteiger partial charge >= 0.3 is 0 Å². The molecular formula is C11H14ClN3O2. The highest BCUT2D eigenvalue weighted by Crippen LogP contribution is 2.19. The first-order chi connectivity index (χ1) is 8.08. The Morgan fingerprint density at radius 3 is 2.59 bits per heavy atom. The van der Waals surface area contributed by atoms with Crippen molar-refractivity contribution in [3.8, 4) is 0 Å². The van der Waals surface area contributed by atoms with Crippen LogP contribution >= 0.6 is 11.6 Å². The van der Waals surface area contributed by atoms with Gasteiger partial charge in [0.05, 0.1) is 12.1 Å². The van der Waals surface area contributed by atoms with Crippen molar-refractivity contribution in [1.82, 2.24) is 10.6 Å². The molecule has 2 amide bonds. The van der Waals surface area contributed by atoms with Crippen LogP contribution in [0, 0.1) is 0 Å². The summed E-state index contributed by atoms with van der Waals surface area (Å²) in [5.74, 6) is -0.605. The molecule has 0 aliphatic rings. The third-order valence-corrected chi connectivity index (χ3v) is 2.42. The molecule has 3 N–H and O–H groups in total. The normalized spacial score (nSPS) is 9.59. The van der Waals surface area contributed by atoms with E-state index in [1.807, 2.05) is 0 Å². The summed E-state index contributed by atoms with van der Waals surface area (Å²) in [5, 5.41) is 8.27. The fourth-order valence-electron chi connectivity index (χ4n) is 1.27. The van der Waals surface area contributed by atoms with Crippen LogP contribution in [-0.4, -0.2) is 32.5 Å². The molecule has 17 heavy (non-hydrogen) atoms. The average Bonchev–Trinajstić information content (AvgIpc) is 2.35. The zero-order valence-corrected chi connectivity index (χ0v) is 10.4. The number of rotatable bonds is 4. The molecule has 0 aliphatic heterocycles. The van der Waals surface area contributed by atoms with E-state index in [0.717, 1.165) is 0 Å². The summed E-state index contributed by atoms with van der Waals surface area (Å²) in [5.41, 5.74) is 1.06. The summed E-state index contributed by atoms with van der Waals surface area (Å²) in [6, 6.07) is 4.94. The van der Waals surface area contributed by atoms with Crippen molar-refractivity contribution in [3.05, 3.63) is 28.8 Å². The molecule has 1 aromatic rings. The van der Waals surface area contributed by atoms with E-state index in [0.29, 0.717) is 16.3 Å². The molecular weight excluding hydrogens is 242 g/mol. The fraction of sp³-hybridized carbons (Fsp3) is 0.273. The molecule has 92 valence electrons. The van der Waals surface area contributed by atoms with Crippen LogP contribution in [0.5, 0.6) is 0 Å². The maximum atomic E-state index is 11.8. The van der Waals surface area contributed by atoms with Crippen molar-refractivity contribution in [2.75, 3.05) is 26.0 Å². The lowest BCUT2D eigenvalue weighted by atomic mass is 10.1. The van der Waals surface area contributed by atoms with Crippen LogP contribution < -0.4 is 16.0 Å². The molecule has 0 fully saturated rings. The number of anilines is 1. The van der Waals surface area contributed by atoms with Crippen LogP contribution in [0.3, 0.4) is 0 Å². The predicted octanol–water partition coefficient (Wildman–Crippen LogP) is 0.857. The lowest BCUT2D eigenvalue weighted by Gasteiger charge is -2.09. The number of hydrogen-bond donors (Lipinski definition) is 3. The van der Waals surface area contributed by atoms with Crippen LogP contribution in [0.15, 0.2) is 18.2 Å². The van der Waals surface area contributed by atoms with Gasteiger partial charge in [-0.05, 0) is 18.2 Å². The first-order valence-electron chi connectivity index (χ1n) is 5.04. The number of hydrogen-bond acceptors (Lipinski definition) is 3. The number of benzene rings is 1. The molecule has 0 bridgehead atoms. The van der Waals surface area contributed by atoms with Gasteiger partial charge < -0.3 is 16.0 Å². The molecule has 0 spiro atoms. The first kappa shape index (κ1) is 13.3. The Bertz CT molecular complexity index is 435. The zero-order chi connectivity index (χ0) is 12.8. The van der Waals surface area contributed by atoms with Crippen LogP contribution in [0.1, 0.15) is 10.4 Å². The SMILES string of the molecule is CNC(=O)CNC(=O)c1cc(Cl)ccc1NC. The summed E-state index contributed by atoms with van der Waals surface area (Å²) in [6.07, 6.45) is 0. The second-order valence-electron chi connectivity index (χ2n) is 3.30. The van der Waals surface area contributed by atoms with E-state index < -0.39 is 0 Å². The monoisotopic (exact) mass is 255 g/mol. The van der Waals surface area contributed by atoms with Crippen molar-refractivity contribution >= 4 is 29.1 Å². The molecule has 1 rings (SSSR count). The van der Waals surface area contributed by atoms with E-state index in [1.54, 1.807) is 25.2 Å². The molecule has 5 nitrogen and oxygen atoms in total. The van der Waals surface area contributed by atoms with E-state index in [4.69, 9.17) is 11.6 Å². The summed E-state index contributed by atoms with van der Waals surface area (Å²) in [6.45, 7) is -0.0645. The lowest BCUT2D eigenvalue weighted by molar-refractivity contribution is -0.119. The van der Waals surface area contributed by atoms with Crippen LogP contribution in [0.4, 0.5) is 5.69 Å².